The van der Waals surface area contributed by atoms with Crippen LogP contribution in [0.3, 0.4) is 0 Å². The van der Waals surface area contributed by atoms with E-state index in [4.69, 9.17) is 4.74 Å². The summed E-state index contributed by atoms with van der Waals surface area (Å²) in [5, 5.41) is 10.8. The fourth-order valence-corrected chi connectivity index (χ4v) is 2.23. The first-order valence-corrected chi connectivity index (χ1v) is 7.17. The number of ether oxygens (including phenoxy) is 1. The van der Waals surface area contributed by atoms with Crippen LogP contribution >= 0.6 is 0 Å². The molecule has 0 atom stereocenters. The number of phenolic OH excluding ortho intramolecular Hbond substituents is 1. The molecule has 114 valence electrons. The highest BCUT2D eigenvalue weighted by Gasteiger charge is 2.01. The van der Waals surface area contributed by atoms with Crippen molar-refractivity contribution in [2.24, 2.45) is 0 Å². The van der Waals surface area contributed by atoms with Gasteiger partial charge in [0.05, 0.1) is 5.69 Å². The van der Waals surface area contributed by atoms with Crippen LogP contribution in [-0.2, 0) is 4.79 Å². The summed E-state index contributed by atoms with van der Waals surface area (Å²) in [5.41, 5.74) is 2.29. The van der Waals surface area contributed by atoms with Crippen molar-refractivity contribution in [3.05, 3.63) is 65.9 Å². The van der Waals surface area contributed by atoms with E-state index in [0.29, 0.717) is 11.3 Å². The third-order valence-electron chi connectivity index (χ3n) is 3.31. The Morgan fingerprint density at radius 3 is 2.57 bits per heavy atom. The Kier molecular flexibility index (Phi) is 4.06. The summed E-state index contributed by atoms with van der Waals surface area (Å²) in [6.07, 6.45) is 3.78. The number of aromatic nitrogens is 1. The van der Waals surface area contributed by atoms with Gasteiger partial charge in [0.15, 0.2) is 0 Å². The van der Waals surface area contributed by atoms with Crippen molar-refractivity contribution in [3.63, 3.8) is 0 Å². The second-order valence-corrected chi connectivity index (χ2v) is 5.08. The highest BCUT2D eigenvalue weighted by molar-refractivity contribution is 5.85. The number of para-hydroxylation sites is 1. The van der Waals surface area contributed by atoms with Crippen LogP contribution in [0.4, 0.5) is 0 Å². The van der Waals surface area contributed by atoms with Crippen LogP contribution in [0.1, 0.15) is 18.2 Å². The molecule has 4 heteroatoms. The molecule has 2 aromatic carbocycles. The topological polar surface area (TPSA) is 59.4 Å². The van der Waals surface area contributed by atoms with E-state index in [2.05, 4.69) is 4.98 Å². The Bertz CT molecular complexity index is 883. The predicted molar refractivity (Wildman–Crippen MR) is 90.1 cm³/mol. The maximum atomic E-state index is 10.9. The Morgan fingerprint density at radius 1 is 1.04 bits per heavy atom. The molecule has 23 heavy (non-hydrogen) atoms. The minimum absolute atomic E-state index is 0.170. The van der Waals surface area contributed by atoms with E-state index in [9.17, 15) is 9.90 Å². The second kappa shape index (κ2) is 6.32. The number of pyridine rings is 1. The van der Waals surface area contributed by atoms with E-state index in [1.54, 1.807) is 24.3 Å². The Morgan fingerprint density at radius 2 is 1.83 bits per heavy atom. The fourth-order valence-electron chi connectivity index (χ4n) is 2.23. The van der Waals surface area contributed by atoms with E-state index in [-0.39, 0.29) is 11.7 Å². The molecule has 0 spiro atoms. The number of carbonyl (C=O) groups excluding carboxylic acids is 1. The number of esters is 1. The Balaban J connectivity index is 1.82. The minimum Gasteiger partial charge on any atom is -0.506 e. The number of aromatic hydroxyl groups is 1. The molecule has 0 bridgehead atoms. The molecular weight excluding hydrogens is 290 g/mol. The molecule has 0 aliphatic carbocycles. The molecule has 1 aromatic heterocycles. The van der Waals surface area contributed by atoms with Crippen molar-refractivity contribution in [2.45, 2.75) is 6.92 Å². The number of phenols is 1. The summed E-state index contributed by atoms with van der Waals surface area (Å²) < 4.78 is 4.99. The second-order valence-electron chi connectivity index (χ2n) is 5.08. The molecule has 0 aliphatic rings. The molecule has 0 amide bonds. The lowest BCUT2D eigenvalue weighted by Gasteiger charge is -2.02. The van der Waals surface area contributed by atoms with Crippen LogP contribution in [-0.4, -0.2) is 16.1 Å². The summed E-state index contributed by atoms with van der Waals surface area (Å²) in [6, 6.07) is 16.3. The molecule has 1 N–H and O–H groups in total. The van der Waals surface area contributed by atoms with Crippen molar-refractivity contribution in [1.82, 2.24) is 4.98 Å². The lowest BCUT2D eigenvalue weighted by Crippen LogP contribution is -2.00. The van der Waals surface area contributed by atoms with Crippen molar-refractivity contribution in [1.29, 1.82) is 0 Å². The zero-order valence-corrected chi connectivity index (χ0v) is 12.6. The third-order valence-corrected chi connectivity index (χ3v) is 3.31. The maximum absolute atomic E-state index is 10.9. The molecule has 0 aliphatic heterocycles. The lowest BCUT2D eigenvalue weighted by atomic mass is 10.1. The van der Waals surface area contributed by atoms with Crippen LogP contribution in [0.5, 0.6) is 11.5 Å². The van der Waals surface area contributed by atoms with Crippen molar-refractivity contribution in [3.8, 4) is 11.5 Å². The fraction of sp³-hybridized carbons (Fsp3) is 0.0526. The summed E-state index contributed by atoms with van der Waals surface area (Å²) in [5.74, 6) is 0.348. The molecule has 0 fully saturated rings. The quantitative estimate of drug-likeness (QED) is 0.586. The standard InChI is InChI=1S/C19H15NO3/c1-13(21)23-17-11-6-14(7-12-17)5-9-16-10-8-15-3-2-4-18(22)19(15)20-16/h2-12,22H,1H3/b9-5+. The van der Waals surface area contributed by atoms with Gasteiger partial charge in [0, 0.05) is 12.3 Å². The van der Waals surface area contributed by atoms with E-state index in [1.165, 1.54) is 6.92 Å². The first-order valence-electron chi connectivity index (χ1n) is 7.17. The molecule has 0 radical (unpaired) electrons. The van der Waals surface area contributed by atoms with Gasteiger partial charge in [0.2, 0.25) is 0 Å². The number of hydrogen-bond acceptors (Lipinski definition) is 4. The number of hydrogen-bond donors (Lipinski definition) is 1. The van der Waals surface area contributed by atoms with Gasteiger partial charge in [-0.15, -0.1) is 0 Å². The largest absolute Gasteiger partial charge is 0.506 e. The number of benzene rings is 2. The molecule has 0 saturated heterocycles. The van der Waals surface area contributed by atoms with Crippen LogP contribution in [0, 0.1) is 0 Å². The van der Waals surface area contributed by atoms with Crippen LogP contribution < -0.4 is 4.74 Å². The predicted octanol–water partition coefficient (Wildman–Crippen LogP) is 4.04. The van der Waals surface area contributed by atoms with Gasteiger partial charge < -0.3 is 9.84 Å². The molecular formula is C19H15NO3. The van der Waals surface area contributed by atoms with Crippen molar-refractivity contribution in [2.75, 3.05) is 0 Å². The SMILES string of the molecule is CC(=O)Oc1ccc(/C=C/c2ccc3cccc(O)c3n2)cc1. The summed E-state index contributed by atoms with van der Waals surface area (Å²) in [7, 11) is 0. The number of nitrogens with zero attached hydrogens (tertiary/aromatic N) is 1. The van der Waals surface area contributed by atoms with E-state index in [1.807, 2.05) is 42.5 Å². The lowest BCUT2D eigenvalue weighted by molar-refractivity contribution is -0.131. The maximum Gasteiger partial charge on any atom is 0.308 e. The first-order chi connectivity index (χ1) is 11.1. The van der Waals surface area contributed by atoms with Crippen LogP contribution in [0.15, 0.2) is 54.6 Å². The summed E-state index contributed by atoms with van der Waals surface area (Å²) in [6.45, 7) is 1.37. The van der Waals surface area contributed by atoms with Crippen molar-refractivity contribution < 1.29 is 14.6 Å². The molecule has 3 rings (SSSR count). The zero-order valence-electron chi connectivity index (χ0n) is 12.6. The molecule has 0 saturated carbocycles. The van der Waals surface area contributed by atoms with E-state index in [0.717, 1.165) is 16.6 Å². The summed E-state index contributed by atoms with van der Waals surface area (Å²) in [4.78, 5) is 15.3. The number of fused-ring (bicyclic) bond motifs is 1. The molecule has 3 aromatic rings. The minimum atomic E-state index is -0.339. The van der Waals surface area contributed by atoms with Gasteiger partial charge in [-0.05, 0) is 35.9 Å². The molecule has 4 nitrogen and oxygen atoms in total. The normalized spacial score (nSPS) is 11.0. The Labute approximate surface area is 133 Å². The average Bonchev–Trinajstić information content (AvgIpc) is 2.54. The van der Waals surface area contributed by atoms with E-state index < -0.39 is 0 Å². The Hall–Kier alpha value is -3.14. The van der Waals surface area contributed by atoms with Gasteiger partial charge in [-0.2, -0.15) is 0 Å². The average molecular weight is 305 g/mol. The van der Waals surface area contributed by atoms with Gasteiger partial charge in [-0.25, -0.2) is 4.98 Å². The van der Waals surface area contributed by atoms with Crippen LogP contribution in [0.25, 0.3) is 23.1 Å². The third kappa shape index (κ3) is 3.55. The number of rotatable bonds is 3. The van der Waals surface area contributed by atoms with Gasteiger partial charge in [-0.3, -0.25) is 4.79 Å². The zero-order chi connectivity index (χ0) is 16.2. The first kappa shape index (κ1) is 14.8. The van der Waals surface area contributed by atoms with Crippen molar-refractivity contribution >= 4 is 29.0 Å². The highest BCUT2D eigenvalue weighted by atomic mass is 16.5. The molecule has 1 heterocycles. The van der Waals surface area contributed by atoms with Gasteiger partial charge in [-0.1, -0.05) is 36.4 Å². The molecule has 0 unspecified atom stereocenters. The van der Waals surface area contributed by atoms with Gasteiger partial charge in [0.1, 0.15) is 17.0 Å². The van der Waals surface area contributed by atoms with Crippen LogP contribution in [0.2, 0.25) is 0 Å². The van der Waals surface area contributed by atoms with Gasteiger partial charge in [0.25, 0.3) is 0 Å². The summed E-state index contributed by atoms with van der Waals surface area (Å²) >= 11 is 0. The highest BCUT2D eigenvalue weighted by Crippen LogP contribution is 2.23. The monoisotopic (exact) mass is 305 g/mol. The number of carbonyl (C=O) groups is 1. The van der Waals surface area contributed by atoms with E-state index >= 15 is 0 Å². The smallest absolute Gasteiger partial charge is 0.308 e. The van der Waals surface area contributed by atoms with Gasteiger partial charge >= 0.3 is 5.97 Å².